The number of nitro groups is 1. The predicted octanol–water partition coefficient (Wildman–Crippen LogP) is 1.94. The summed E-state index contributed by atoms with van der Waals surface area (Å²) >= 11 is 3.91. The van der Waals surface area contributed by atoms with Crippen molar-refractivity contribution in [1.29, 1.82) is 0 Å². The maximum Gasteiger partial charge on any atom is 0.328 e. The second kappa shape index (κ2) is 10.3. The molecule has 0 heterocycles. The van der Waals surface area contributed by atoms with Gasteiger partial charge in [-0.3, -0.25) is 14.9 Å². The van der Waals surface area contributed by atoms with Gasteiger partial charge in [0.1, 0.15) is 17.8 Å². The monoisotopic (exact) mass is 641 g/mol. The van der Waals surface area contributed by atoms with Crippen LogP contribution in [0.3, 0.4) is 0 Å². The van der Waals surface area contributed by atoms with E-state index < -0.39 is 34.6 Å². The number of carbonyl (C=O) groups excluding carboxylic acids is 1. The number of phenols is 1. The van der Waals surface area contributed by atoms with Gasteiger partial charge in [0.2, 0.25) is 5.75 Å². The molecule has 10 nitrogen and oxygen atoms in total. The van der Waals surface area contributed by atoms with Gasteiger partial charge >= 0.3 is 17.6 Å². The Bertz CT molecular complexity index is 977. The fourth-order valence-corrected chi connectivity index (χ4v) is 4.41. The minimum absolute atomic E-state index is 0.102. The molecule has 0 unspecified atom stereocenters. The van der Waals surface area contributed by atoms with Gasteiger partial charge in [0.25, 0.3) is 0 Å². The van der Waals surface area contributed by atoms with E-state index >= 15 is 0 Å². The summed E-state index contributed by atoms with van der Waals surface area (Å²) in [6, 6.07) is 4.75. The van der Waals surface area contributed by atoms with Crippen molar-refractivity contribution in [2.75, 3.05) is 0 Å². The summed E-state index contributed by atoms with van der Waals surface area (Å²) in [5.41, 5.74) is 11.9. The van der Waals surface area contributed by atoms with Gasteiger partial charge in [-0.05, 0) is 87.3 Å². The Morgan fingerprint density at radius 2 is 1.63 bits per heavy atom. The molecule has 12 heteroatoms. The van der Waals surface area contributed by atoms with Gasteiger partial charge < -0.3 is 26.4 Å². The molecule has 6 N–H and O–H groups in total. The second-order valence-electron chi connectivity index (χ2n) is 6.35. The normalized spacial score (nSPS) is 12.8. The number of carboxylic acid groups (broad SMARTS) is 1. The first-order valence-corrected chi connectivity index (χ1v) is 10.5. The molecule has 0 bridgehead atoms. The fraction of sp³-hybridized carbons (Fsp3) is 0.222. The summed E-state index contributed by atoms with van der Waals surface area (Å²) in [5, 5.41) is 30.0. The SMILES string of the molecule is N[C@@H](Cc1ccc(OC(=O)[C@@H](N)Cc2cc(I)c(O)c(I)c2)c([N+](=O)[O-])c1)C(=O)O. The Kier molecular flexibility index (Phi) is 8.34. The van der Waals surface area contributed by atoms with E-state index in [1.165, 1.54) is 12.1 Å². The number of ether oxygens (including phenoxy) is 1. The zero-order chi connectivity index (χ0) is 22.6. The number of rotatable bonds is 8. The smallest absolute Gasteiger partial charge is 0.328 e. The fourth-order valence-electron chi connectivity index (χ4n) is 2.52. The van der Waals surface area contributed by atoms with Gasteiger partial charge in [0.15, 0.2) is 0 Å². The van der Waals surface area contributed by atoms with E-state index in [1.54, 1.807) is 12.1 Å². The number of nitrogens with two attached hydrogens (primary N) is 2. The van der Waals surface area contributed by atoms with E-state index in [4.69, 9.17) is 21.3 Å². The van der Waals surface area contributed by atoms with Crippen LogP contribution in [-0.4, -0.2) is 39.2 Å². The number of nitrogens with zero attached hydrogens (tertiary/aromatic N) is 1. The van der Waals surface area contributed by atoms with Crippen LogP contribution in [0, 0.1) is 17.3 Å². The van der Waals surface area contributed by atoms with Crippen LogP contribution in [0.5, 0.6) is 11.5 Å². The van der Waals surface area contributed by atoms with Gasteiger partial charge in [0, 0.05) is 6.07 Å². The number of nitro benzene ring substituents is 1. The molecule has 2 aromatic rings. The van der Waals surface area contributed by atoms with E-state index in [0.29, 0.717) is 18.3 Å². The van der Waals surface area contributed by atoms with E-state index in [2.05, 4.69) is 0 Å². The Morgan fingerprint density at radius 1 is 1.07 bits per heavy atom. The number of hydrogen-bond acceptors (Lipinski definition) is 8. The summed E-state index contributed by atoms with van der Waals surface area (Å²) in [7, 11) is 0. The standard InChI is InChI=1S/C18H17I2N3O7/c19-10-3-9(4-11(20)16(10)24)6-13(22)18(27)30-15-2-1-8(5-12(21)17(25)26)7-14(15)23(28)29/h1-4,7,12-13,24H,5-6,21-22H2,(H,25,26)/t12-,13-/m0/s1. The number of esters is 1. The van der Waals surface area contributed by atoms with Crippen molar-refractivity contribution in [2.45, 2.75) is 24.9 Å². The largest absolute Gasteiger partial charge is 0.506 e. The highest BCUT2D eigenvalue weighted by Gasteiger charge is 2.24. The second-order valence-corrected chi connectivity index (χ2v) is 8.67. The topological polar surface area (TPSA) is 179 Å². The van der Waals surface area contributed by atoms with Crippen LogP contribution in [0.25, 0.3) is 0 Å². The average molecular weight is 641 g/mol. The number of aliphatic carboxylic acids is 1. The van der Waals surface area contributed by atoms with Gasteiger partial charge in [-0.1, -0.05) is 6.07 Å². The molecule has 2 rings (SSSR count). The lowest BCUT2D eigenvalue weighted by atomic mass is 10.1. The third-order valence-electron chi connectivity index (χ3n) is 4.04. The Balaban J connectivity index is 2.16. The maximum absolute atomic E-state index is 12.4. The molecule has 0 saturated carbocycles. The van der Waals surface area contributed by atoms with Gasteiger partial charge in [-0.2, -0.15) is 0 Å². The van der Waals surface area contributed by atoms with E-state index in [9.17, 15) is 24.8 Å². The summed E-state index contributed by atoms with van der Waals surface area (Å²) < 4.78 is 6.32. The Hall–Kier alpha value is -2.04. The number of phenolic OH excluding ortho intramolecular Hbond substituents is 1. The number of benzene rings is 2. The number of halogens is 2. The summed E-state index contributed by atoms with van der Waals surface area (Å²) in [5.74, 6) is -2.28. The molecule has 160 valence electrons. The molecular weight excluding hydrogens is 624 g/mol. The maximum atomic E-state index is 12.4. The highest BCUT2D eigenvalue weighted by Crippen LogP contribution is 2.30. The quantitative estimate of drug-likeness (QED) is 0.110. The molecule has 0 saturated heterocycles. The molecule has 2 aromatic carbocycles. The molecule has 0 aliphatic heterocycles. The molecule has 0 fully saturated rings. The summed E-state index contributed by atoms with van der Waals surface area (Å²) in [6.07, 6.45) is -0.0213. The van der Waals surface area contributed by atoms with Crippen LogP contribution in [0.1, 0.15) is 11.1 Å². The van der Waals surface area contributed by atoms with Crippen molar-refractivity contribution in [2.24, 2.45) is 11.5 Å². The third kappa shape index (κ3) is 6.23. The van der Waals surface area contributed by atoms with Crippen LogP contribution in [-0.2, 0) is 22.4 Å². The lowest BCUT2D eigenvalue weighted by Gasteiger charge is -2.13. The molecule has 0 aliphatic rings. The number of aromatic hydroxyl groups is 1. The zero-order valence-electron chi connectivity index (χ0n) is 15.2. The van der Waals surface area contributed by atoms with Crippen LogP contribution < -0.4 is 16.2 Å². The first kappa shape index (κ1) is 24.2. The molecule has 2 atom stereocenters. The average Bonchev–Trinajstić information content (AvgIpc) is 2.66. The van der Waals surface area contributed by atoms with Gasteiger partial charge in [-0.25, -0.2) is 4.79 Å². The molecule has 0 radical (unpaired) electrons. The number of carbonyl (C=O) groups is 2. The van der Waals surface area contributed by atoms with Crippen molar-refractivity contribution in [1.82, 2.24) is 0 Å². The van der Waals surface area contributed by atoms with Crippen molar-refractivity contribution in [3.8, 4) is 11.5 Å². The highest BCUT2D eigenvalue weighted by atomic mass is 127. The van der Waals surface area contributed by atoms with Crippen molar-refractivity contribution in [3.63, 3.8) is 0 Å². The van der Waals surface area contributed by atoms with Crippen LogP contribution in [0.4, 0.5) is 5.69 Å². The van der Waals surface area contributed by atoms with E-state index in [1.807, 2.05) is 45.2 Å². The molecule has 0 amide bonds. The first-order valence-electron chi connectivity index (χ1n) is 8.39. The van der Waals surface area contributed by atoms with Crippen LogP contribution in [0.15, 0.2) is 30.3 Å². The number of hydrogen-bond donors (Lipinski definition) is 4. The van der Waals surface area contributed by atoms with Crippen LogP contribution in [0.2, 0.25) is 0 Å². The number of carboxylic acids is 1. The van der Waals surface area contributed by atoms with Gasteiger partial charge in [-0.15, -0.1) is 0 Å². The summed E-state index contributed by atoms with van der Waals surface area (Å²) in [6.45, 7) is 0. The van der Waals surface area contributed by atoms with E-state index in [-0.39, 0.29) is 24.3 Å². The van der Waals surface area contributed by atoms with E-state index in [0.717, 1.165) is 6.07 Å². The minimum Gasteiger partial charge on any atom is -0.506 e. The van der Waals surface area contributed by atoms with Crippen molar-refractivity contribution >= 4 is 62.8 Å². The zero-order valence-corrected chi connectivity index (χ0v) is 19.6. The summed E-state index contributed by atoms with van der Waals surface area (Å²) in [4.78, 5) is 33.8. The Labute approximate surface area is 198 Å². The first-order chi connectivity index (χ1) is 14.0. The molecule has 0 spiro atoms. The highest BCUT2D eigenvalue weighted by molar-refractivity contribution is 14.1. The van der Waals surface area contributed by atoms with Crippen molar-refractivity contribution < 1.29 is 29.5 Å². The molecule has 0 aromatic heterocycles. The van der Waals surface area contributed by atoms with Crippen molar-refractivity contribution in [3.05, 3.63) is 58.7 Å². The molecular formula is C18H17I2N3O7. The van der Waals surface area contributed by atoms with Gasteiger partial charge in [0.05, 0.1) is 12.1 Å². The lowest BCUT2D eigenvalue weighted by Crippen LogP contribution is -2.36. The molecule has 0 aliphatic carbocycles. The predicted molar refractivity (Wildman–Crippen MR) is 123 cm³/mol. The molecule has 30 heavy (non-hydrogen) atoms. The minimum atomic E-state index is -1.24. The van der Waals surface area contributed by atoms with Crippen LogP contribution >= 0.6 is 45.2 Å². The third-order valence-corrected chi connectivity index (χ3v) is 5.68. The lowest BCUT2D eigenvalue weighted by molar-refractivity contribution is -0.385. The Morgan fingerprint density at radius 3 is 2.17 bits per heavy atom.